The van der Waals surface area contributed by atoms with Gasteiger partial charge in [-0.2, -0.15) is 0 Å². The molecule has 4 heterocycles. The molecular weight excluding hydrogens is 440 g/mol. The van der Waals surface area contributed by atoms with Crippen molar-refractivity contribution in [2.45, 2.75) is 63.1 Å². The van der Waals surface area contributed by atoms with Crippen molar-refractivity contribution in [3.8, 4) is 0 Å². The molecule has 3 saturated heterocycles. The highest BCUT2D eigenvalue weighted by Gasteiger charge is 2.78. The standard InChI is InChI=1S/C23H30N6O5/c1-4-22-9-10-23(34-22)17(16(22)19(31)24-3)21(33)29(13(2)11-30)18(23)20(32)25-12-28-15-8-6-5-7-14(15)26-27-28/h5-8,13,16-18,30H,4,9-12H2,1-3H3,(H,24,31)(H,25,32)/t13-,16+,17+,18?,22-,23?/m1/s1. The number of ether oxygens (including phenoxy) is 1. The van der Waals surface area contributed by atoms with Crippen molar-refractivity contribution < 1.29 is 24.2 Å². The monoisotopic (exact) mass is 470 g/mol. The number of hydrogen-bond acceptors (Lipinski definition) is 7. The predicted octanol–water partition coefficient (Wildman–Crippen LogP) is -0.213. The van der Waals surface area contributed by atoms with Crippen molar-refractivity contribution in [1.29, 1.82) is 0 Å². The number of aromatic nitrogens is 3. The summed E-state index contributed by atoms with van der Waals surface area (Å²) < 4.78 is 8.17. The topological polar surface area (TPSA) is 139 Å². The molecule has 5 rings (SSSR count). The van der Waals surface area contributed by atoms with E-state index in [0.717, 1.165) is 5.52 Å². The quantitative estimate of drug-likeness (QED) is 0.509. The lowest BCUT2D eigenvalue weighted by atomic mass is 9.65. The zero-order chi connectivity index (χ0) is 24.3. The van der Waals surface area contributed by atoms with Crippen LogP contribution in [0.25, 0.3) is 11.0 Å². The molecule has 1 aromatic heterocycles. The number of aliphatic hydroxyl groups excluding tert-OH is 1. The van der Waals surface area contributed by atoms with Gasteiger partial charge in [-0.1, -0.05) is 24.3 Å². The van der Waals surface area contributed by atoms with Gasteiger partial charge in [0.15, 0.2) is 0 Å². The molecule has 0 aliphatic carbocycles. The van der Waals surface area contributed by atoms with E-state index in [1.165, 1.54) is 4.90 Å². The van der Waals surface area contributed by atoms with Crippen LogP contribution in [0.5, 0.6) is 0 Å². The number of hydrogen-bond donors (Lipinski definition) is 3. The first-order valence-corrected chi connectivity index (χ1v) is 11.7. The number of benzene rings is 1. The maximum absolute atomic E-state index is 13.7. The van der Waals surface area contributed by atoms with E-state index in [-0.39, 0.29) is 25.1 Å². The number of nitrogens with one attached hydrogen (secondary N) is 2. The average molecular weight is 471 g/mol. The maximum atomic E-state index is 13.7. The Hall–Kier alpha value is -3.05. The highest BCUT2D eigenvalue weighted by Crippen LogP contribution is 2.64. The molecule has 11 heteroatoms. The SMILES string of the molecule is CC[C@]12CCC3(O1)C(C(=O)NCn1nnc4ccccc41)N([C@H](C)CO)C(=O)[C@@H]3[C@H]2C(=O)NC. The van der Waals surface area contributed by atoms with Crippen molar-refractivity contribution in [1.82, 2.24) is 30.5 Å². The molecule has 3 aliphatic rings. The molecular formula is C23H30N6O5. The molecule has 182 valence electrons. The van der Waals surface area contributed by atoms with E-state index in [0.29, 0.717) is 24.8 Å². The summed E-state index contributed by atoms with van der Waals surface area (Å²) >= 11 is 0. The van der Waals surface area contributed by atoms with Gasteiger partial charge in [-0.25, -0.2) is 4.68 Å². The van der Waals surface area contributed by atoms with Crippen LogP contribution >= 0.6 is 0 Å². The third kappa shape index (κ3) is 2.92. The largest absolute Gasteiger partial charge is 0.394 e. The Kier molecular flexibility index (Phi) is 5.36. The summed E-state index contributed by atoms with van der Waals surface area (Å²) in [5.74, 6) is -2.45. The summed E-state index contributed by atoms with van der Waals surface area (Å²) in [5.41, 5.74) is -0.430. The lowest BCUT2D eigenvalue weighted by Gasteiger charge is -2.36. The molecule has 11 nitrogen and oxygen atoms in total. The predicted molar refractivity (Wildman–Crippen MR) is 120 cm³/mol. The number of carbonyl (C=O) groups excluding carboxylic acids is 3. The maximum Gasteiger partial charge on any atom is 0.247 e. The van der Waals surface area contributed by atoms with Crippen LogP contribution in [0, 0.1) is 11.8 Å². The third-order valence-electron chi connectivity index (χ3n) is 7.96. The molecule has 3 amide bonds. The van der Waals surface area contributed by atoms with E-state index in [9.17, 15) is 19.5 Å². The second-order valence-corrected chi connectivity index (χ2v) is 9.50. The highest BCUT2D eigenvalue weighted by molar-refractivity contribution is 5.99. The Balaban J connectivity index is 1.50. The lowest BCUT2D eigenvalue weighted by molar-refractivity contribution is -0.150. The molecule has 2 bridgehead atoms. The van der Waals surface area contributed by atoms with Crippen LogP contribution in [0.3, 0.4) is 0 Å². The van der Waals surface area contributed by atoms with Gasteiger partial charge in [0.1, 0.15) is 23.8 Å². The summed E-state index contributed by atoms with van der Waals surface area (Å²) in [6.45, 7) is 3.39. The Morgan fingerprint density at radius 1 is 1.29 bits per heavy atom. The second kappa shape index (κ2) is 8.02. The van der Waals surface area contributed by atoms with Gasteiger partial charge in [0.25, 0.3) is 0 Å². The van der Waals surface area contributed by atoms with Crippen molar-refractivity contribution in [3.63, 3.8) is 0 Å². The minimum Gasteiger partial charge on any atom is -0.394 e. The molecule has 3 N–H and O–H groups in total. The van der Waals surface area contributed by atoms with Gasteiger partial charge in [-0.15, -0.1) is 5.10 Å². The van der Waals surface area contributed by atoms with Gasteiger partial charge in [0.2, 0.25) is 17.7 Å². The van der Waals surface area contributed by atoms with Gasteiger partial charge < -0.3 is 25.4 Å². The smallest absolute Gasteiger partial charge is 0.247 e. The summed E-state index contributed by atoms with van der Waals surface area (Å²) in [5, 5.41) is 23.7. The van der Waals surface area contributed by atoms with Gasteiger partial charge in [-0.05, 0) is 38.3 Å². The third-order valence-corrected chi connectivity index (χ3v) is 7.96. The molecule has 2 aromatic rings. The Morgan fingerprint density at radius 2 is 2.06 bits per heavy atom. The van der Waals surface area contributed by atoms with Gasteiger partial charge in [0, 0.05) is 7.05 Å². The zero-order valence-corrected chi connectivity index (χ0v) is 19.5. The van der Waals surface area contributed by atoms with Gasteiger partial charge in [0.05, 0.1) is 35.6 Å². The van der Waals surface area contributed by atoms with E-state index >= 15 is 0 Å². The number of nitrogens with zero attached hydrogens (tertiary/aromatic N) is 4. The van der Waals surface area contributed by atoms with Crippen LogP contribution in [0.2, 0.25) is 0 Å². The van der Waals surface area contributed by atoms with Crippen molar-refractivity contribution in [3.05, 3.63) is 24.3 Å². The minimum absolute atomic E-state index is 0.0594. The van der Waals surface area contributed by atoms with Crippen LogP contribution < -0.4 is 10.6 Å². The number of rotatable bonds is 7. The van der Waals surface area contributed by atoms with E-state index < -0.39 is 41.0 Å². The summed E-state index contributed by atoms with van der Waals surface area (Å²) in [4.78, 5) is 41.8. The van der Waals surface area contributed by atoms with Crippen molar-refractivity contribution >= 4 is 28.8 Å². The first kappa shape index (κ1) is 22.7. The molecule has 1 spiro atoms. The molecule has 34 heavy (non-hydrogen) atoms. The minimum atomic E-state index is -1.12. The number of carbonyl (C=O) groups is 3. The fraction of sp³-hybridized carbons (Fsp3) is 0.609. The molecule has 3 fully saturated rings. The average Bonchev–Trinajstić information content (AvgIpc) is 3.58. The number of likely N-dealkylation sites (tertiary alicyclic amines) is 1. The zero-order valence-electron chi connectivity index (χ0n) is 19.5. The molecule has 1 aromatic carbocycles. The van der Waals surface area contributed by atoms with Gasteiger partial charge >= 0.3 is 0 Å². The first-order valence-electron chi connectivity index (χ1n) is 11.7. The Morgan fingerprint density at radius 3 is 2.76 bits per heavy atom. The molecule has 0 radical (unpaired) electrons. The normalized spacial score (nSPS) is 32.8. The fourth-order valence-electron chi connectivity index (χ4n) is 6.35. The number of aliphatic hydroxyl groups is 1. The van der Waals surface area contributed by atoms with E-state index in [1.807, 2.05) is 31.2 Å². The van der Waals surface area contributed by atoms with Gasteiger partial charge in [-0.3, -0.25) is 14.4 Å². The summed E-state index contributed by atoms with van der Waals surface area (Å²) in [6, 6.07) is 5.83. The van der Waals surface area contributed by atoms with E-state index in [1.54, 1.807) is 18.7 Å². The van der Waals surface area contributed by atoms with Crippen LogP contribution in [0.15, 0.2) is 24.3 Å². The summed E-state index contributed by atoms with van der Waals surface area (Å²) in [7, 11) is 1.55. The lowest BCUT2D eigenvalue weighted by Crippen LogP contribution is -2.57. The highest BCUT2D eigenvalue weighted by atomic mass is 16.5. The van der Waals surface area contributed by atoms with Crippen LogP contribution in [-0.4, -0.2) is 79.7 Å². The van der Waals surface area contributed by atoms with E-state index in [4.69, 9.17) is 4.74 Å². The fourth-order valence-corrected chi connectivity index (χ4v) is 6.35. The van der Waals surface area contributed by atoms with E-state index in [2.05, 4.69) is 20.9 Å². The van der Waals surface area contributed by atoms with Crippen molar-refractivity contribution in [2.24, 2.45) is 11.8 Å². The van der Waals surface area contributed by atoms with Crippen LogP contribution in [0.1, 0.15) is 33.1 Å². The van der Waals surface area contributed by atoms with Crippen molar-refractivity contribution in [2.75, 3.05) is 13.7 Å². The number of amides is 3. The van der Waals surface area contributed by atoms with Crippen LogP contribution in [0.4, 0.5) is 0 Å². The van der Waals surface area contributed by atoms with Crippen LogP contribution in [-0.2, 0) is 25.8 Å². The second-order valence-electron chi connectivity index (χ2n) is 9.50. The molecule has 3 aliphatic heterocycles. The molecule has 0 saturated carbocycles. The number of fused-ring (bicyclic) bond motifs is 2. The first-order chi connectivity index (χ1) is 16.3. The Bertz CT molecular complexity index is 1150. The molecule has 6 atom stereocenters. The number of para-hydroxylation sites is 1. The molecule has 2 unspecified atom stereocenters. The summed E-state index contributed by atoms with van der Waals surface area (Å²) in [6.07, 6.45) is 1.64. The Labute approximate surface area is 196 Å².